The third-order valence-corrected chi connectivity index (χ3v) is 5.98. The fourth-order valence-corrected chi connectivity index (χ4v) is 4.16. The van der Waals surface area contributed by atoms with E-state index in [1.54, 1.807) is 21.3 Å². The number of carbonyl (C=O) groups is 1. The molecule has 0 saturated carbocycles. The first-order valence-corrected chi connectivity index (χ1v) is 10.7. The summed E-state index contributed by atoms with van der Waals surface area (Å²) in [6.45, 7) is 4.90. The minimum Gasteiger partial charge on any atom is -0.494 e. The number of hydrogen-bond donors (Lipinski definition) is 0. The van der Waals surface area contributed by atoms with Crippen LogP contribution < -0.4 is 19.1 Å². The van der Waals surface area contributed by atoms with Crippen LogP contribution in [0.1, 0.15) is 11.1 Å². The summed E-state index contributed by atoms with van der Waals surface area (Å²) in [5.74, 6) is 3.10. The van der Waals surface area contributed by atoms with Gasteiger partial charge in [-0.05, 0) is 42.3 Å². The number of piperazine rings is 1. The monoisotopic (exact) mass is 435 g/mol. The molecule has 1 amide bonds. The number of methoxy groups -OCH3 is 3. The Morgan fingerprint density at radius 3 is 2.31 bits per heavy atom. The van der Waals surface area contributed by atoms with E-state index in [-0.39, 0.29) is 5.91 Å². The van der Waals surface area contributed by atoms with Crippen molar-refractivity contribution >= 4 is 22.6 Å². The molecule has 4 rings (SSSR count). The van der Waals surface area contributed by atoms with Gasteiger partial charge in [-0.3, -0.25) is 4.79 Å². The molecule has 32 heavy (non-hydrogen) atoms. The van der Waals surface area contributed by atoms with E-state index in [0.717, 1.165) is 46.7 Å². The zero-order chi connectivity index (χ0) is 22.7. The van der Waals surface area contributed by atoms with E-state index in [4.69, 9.17) is 19.2 Å². The summed E-state index contributed by atoms with van der Waals surface area (Å²) < 4.78 is 16.1. The number of hydrogen-bond acceptors (Lipinski definition) is 6. The van der Waals surface area contributed by atoms with Crippen molar-refractivity contribution in [2.24, 2.45) is 0 Å². The molecule has 0 aliphatic carbocycles. The Kier molecular flexibility index (Phi) is 6.35. The van der Waals surface area contributed by atoms with Gasteiger partial charge in [0.05, 0.1) is 27.8 Å². The zero-order valence-corrected chi connectivity index (χ0v) is 19.1. The number of nitrogens with zero attached hydrogens (tertiary/aromatic N) is 3. The molecule has 1 aliphatic rings. The number of aryl methyl sites for hydroxylation is 1. The largest absolute Gasteiger partial charge is 0.494 e. The SMILES string of the molecule is COc1ccc(CC(=O)N2CCN(c3cc(C)c4cccc(OC)c4n3)CC2)cc1OC. The topological polar surface area (TPSA) is 64.1 Å². The van der Waals surface area contributed by atoms with Gasteiger partial charge in [0.1, 0.15) is 17.1 Å². The van der Waals surface area contributed by atoms with Crippen LogP contribution in [-0.2, 0) is 11.2 Å². The quantitative estimate of drug-likeness (QED) is 0.591. The standard InChI is InChI=1S/C25H29N3O4/c1-17-14-23(26-25-19(17)6-5-7-21(25)31-3)27-10-12-28(13-11-27)24(29)16-18-8-9-20(30-2)22(15-18)32-4/h5-9,14-15H,10-13,16H2,1-4H3. The molecular formula is C25H29N3O4. The number of pyridine rings is 1. The maximum absolute atomic E-state index is 12.9. The summed E-state index contributed by atoms with van der Waals surface area (Å²) in [6, 6.07) is 13.7. The minimum atomic E-state index is 0.112. The highest BCUT2D eigenvalue weighted by atomic mass is 16.5. The fraction of sp³-hybridized carbons (Fsp3) is 0.360. The van der Waals surface area contributed by atoms with E-state index >= 15 is 0 Å². The van der Waals surface area contributed by atoms with Crippen LogP contribution in [0.2, 0.25) is 0 Å². The van der Waals surface area contributed by atoms with E-state index in [1.165, 1.54) is 0 Å². The molecule has 0 N–H and O–H groups in total. The van der Waals surface area contributed by atoms with Crippen LogP contribution in [-0.4, -0.2) is 63.3 Å². The van der Waals surface area contributed by atoms with E-state index in [9.17, 15) is 4.79 Å². The van der Waals surface area contributed by atoms with E-state index in [1.807, 2.05) is 35.2 Å². The van der Waals surface area contributed by atoms with E-state index in [0.29, 0.717) is 31.0 Å². The Hall–Kier alpha value is -3.48. The number of aromatic nitrogens is 1. The molecule has 1 aromatic heterocycles. The van der Waals surface area contributed by atoms with Crippen LogP contribution >= 0.6 is 0 Å². The molecular weight excluding hydrogens is 406 g/mol. The molecule has 2 aromatic carbocycles. The number of ether oxygens (including phenoxy) is 3. The molecule has 168 valence electrons. The molecule has 0 unspecified atom stereocenters. The predicted octanol–water partition coefficient (Wildman–Crippen LogP) is 3.46. The Labute approximate surface area is 188 Å². The summed E-state index contributed by atoms with van der Waals surface area (Å²) >= 11 is 0. The summed E-state index contributed by atoms with van der Waals surface area (Å²) in [7, 11) is 4.87. The molecule has 0 radical (unpaired) electrons. The second kappa shape index (κ2) is 9.34. The van der Waals surface area contributed by atoms with Crippen LogP contribution in [0.3, 0.4) is 0 Å². The molecule has 7 heteroatoms. The lowest BCUT2D eigenvalue weighted by Gasteiger charge is -2.35. The summed E-state index contributed by atoms with van der Waals surface area (Å²) in [5, 5.41) is 1.09. The number of benzene rings is 2. The van der Waals surface area contributed by atoms with E-state index in [2.05, 4.69) is 24.0 Å². The highest BCUT2D eigenvalue weighted by Crippen LogP contribution is 2.30. The van der Waals surface area contributed by atoms with Gasteiger partial charge in [0.15, 0.2) is 11.5 Å². The number of anilines is 1. The van der Waals surface area contributed by atoms with Crippen molar-refractivity contribution in [2.75, 3.05) is 52.4 Å². The lowest BCUT2D eigenvalue weighted by molar-refractivity contribution is -0.130. The first-order valence-electron chi connectivity index (χ1n) is 10.7. The molecule has 0 atom stereocenters. The zero-order valence-electron chi connectivity index (χ0n) is 19.1. The van der Waals surface area contributed by atoms with Crippen LogP contribution in [0.25, 0.3) is 10.9 Å². The number of amides is 1. The minimum absolute atomic E-state index is 0.112. The summed E-state index contributed by atoms with van der Waals surface area (Å²) in [5.41, 5.74) is 2.95. The lowest BCUT2D eigenvalue weighted by atomic mass is 10.1. The van der Waals surface area contributed by atoms with Gasteiger partial charge in [-0.25, -0.2) is 4.98 Å². The smallest absolute Gasteiger partial charge is 0.227 e. The fourth-order valence-electron chi connectivity index (χ4n) is 4.16. The average Bonchev–Trinajstić information content (AvgIpc) is 2.83. The maximum atomic E-state index is 12.9. The maximum Gasteiger partial charge on any atom is 0.227 e. The first-order chi connectivity index (χ1) is 15.5. The van der Waals surface area contributed by atoms with Gasteiger partial charge in [-0.1, -0.05) is 18.2 Å². The Balaban J connectivity index is 1.43. The van der Waals surface area contributed by atoms with Crippen molar-refractivity contribution in [3.8, 4) is 17.2 Å². The molecule has 0 spiro atoms. The third kappa shape index (κ3) is 4.28. The number of carbonyl (C=O) groups excluding carboxylic acids is 1. The van der Waals surface area contributed by atoms with Crippen molar-refractivity contribution in [2.45, 2.75) is 13.3 Å². The second-order valence-electron chi connectivity index (χ2n) is 7.89. The lowest BCUT2D eigenvalue weighted by Crippen LogP contribution is -2.49. The van der Waals surface area contributed by atoms with Crippen LogP contribution in [0.4, 0.5) is 5.82 Å². The average molecular weight is 436 g/mol. The third-order valence-electron chi connectivity index (χ3n) is 5.98. The van der Waals surface area contributed by atoms with Gasteiger partial charge in [0.25, 0.3) is 0 Å². The molecule has 0 bridgehead atoms. The molecule has 2 heterocycles. The Bertz CT molecular complexity index is 1120. The normalized spacial score (nSPS) is 13.9. The van der Waals surface area contributed by atoms with Crippen molar-refractivity contribution in [3.05, 3.63) is 53.6 Å². The van der Waals surface area contributed by atoms with Crippen LogP contribution in [0, 0.1) is 6.92 Å². The van der Waals surface area contributed by atoms with Gasteiger partial charge >= 0.3 is 0 Å². The Morgan fingerprint density at radius 1 is 0.906 bits per heavy atom. The van der Waals surface area contributed by atoms with Crippen molar-refractivity contribution in [3.63, 3.8) is 0 Å². The summed E-state index contributed by atoms with van der Waals surface area (Å²) in [4.78, 5) is 21.9. The van der Waals surface area contributed by atoms with Crippen molar-refractivity contribution in [1.29, 1.82) is 0 Å². The highest BCUT2D eigenvalue weighted by Gasteiger charge is 2.23. The molecule has 1 aliphatic heterocycles. The second-order valence-corrected chi connectivity index (χ2v) is 7.89. The van der Waals surface area contributed by atoms with Crippen molar-refractivity contribution < 1.29 is 19.0 Å². The molecule has 7 nitrogen and oxygen atoms in total. The van der Waals surface area contributed by atoms with Gasteiger partial charge in [0, 0.05) is 31.6 Å². The van der Waals surface area contributed by atoms with Gasteiger partial charge in [0.2, 0.25) is 5.91 Å². The van der Waals surface area contributed by atoms with Gasteiger partial charge < -0.3 is 24.0 Å². The van der Waals surface area contributed by atoms with Crippen LogP contribution in [0.5, 0.6) is 17.2 Å². The molecule has 1 fully saturated rings. The predicted molar refractivity (Wildman–Crippen MR) is 125 cm³/mol. The van der Waals surface area contributed by atoms with E-state index < -0.39 is 0 Å². The highest BCUT2D eigenvalue weighted by molar-refractivity contribution is 5.89. The van der Waals surface area contributed by atoms with Gasteiger partial charge in [-0.15, -0.1) is 0 Å². The number of para-hydroxylation sites is 1. The van der Waals surface area contributed by atoms with Gasteiger partial charge in [-0.2, -0.15) is 0 Å². The summed E-state index contributed by atoms with van der Waals surface area (Å²) in [6.07, 6.45) is 0.338. The molecule has 3 aromatic rings. The molecule has 1 saturated heterocycles. The number of fused-ring (bicyclic) bond motifs is 1. The van der Waals surface area contributed by atoms with Crippen LogP contribution in [0.15, 0.2) is 42.5 Å². The Morgan fingerprint density at radius 2 is 1.62 bits per heavy atom. The van der Waals surface area contributed by atoms with Crippen molar-refractivity contribution in [1.82, 2.24) is 9.88 Å². The first kappa shape index (κ1) is 21.7. The number of rotatable bonds is 6.